The molecule has 0 aliphatic heterocycles. The predicted molar refractivity (Wildman–Crippen MR) is 51.0 cm³/mol. The summed E-state index contributed by atoms with van der Waals surface area (Å²) in [4.78, 5) is 9.97. The molecule has 0 saturated heterocycles. The largest absolute Gasteiger partial charge is 0.477 e. The van der Waals surface area contributed by atoms with Gasteiger partial charge in [0, 0.05) is 11.9 Å². The summed E-state index contributed by atoms with van der Waals surface area (Å²) in [5, 5.41) is 8.39. The van der Waals surface area contributed by atoms with Crippen LogP contribution in [0, 0.1) is 0 Å². The van der Waals surface area contributed by atoms with E-state index >= 15 is 0 Å². The summed E-state index contributed by atoms with van der Waals surface area (Å²) in [7, 11) is 0. The third kappa shape index (κ3) is 5.39. The van der Waals surface area contributed by atoms with Crippen LogP contribution in [0.4, 0.5) is 8.78 Å². The van der Waals surface area contributed by atoms with Gasteiger partial charge >= 0.3 is 11.9 Å². The third-order valence-corrected chi connectivity index (χ3v) is 2.71. The van der Waals surface area contributed by atoms with E-state index in [0.717, 1.165) is 0 Å². The molecule has 0 bridgehead atoms. The average Bonchev–Trinajstić information content (AvgIpc) is 2.11. The molecule has 0 aromatic carbocycles. The SMILES string of the molecule is CSC(C)CCOCC(F)(F)C(=O)O. The van der Waals surface area contributed by atoms with Gasteiger partial charge in [-0.3, -0.25) is 0 Å². The number of aliphatic carboxylic acids is 1. The number of carbonyl (C=O) groups is 1. The number of thioether (sulfide) groups is 1. The molecular formula is C8H14F2O3S. The number of carboxylic acid groups (broad SMARTS) is 1. The van der Waals surface area contributed by atoms with Gasteiger partial charge in [-0.25, -0.2) is 4.79 Å². The molecular weight excluding hydrogens is 214 g/mol. The van der Waals surface area contributed by atoms with E-state index in [1.165, 1.54) is 0 Å². The first kappa shape index (κ1) is 13.6. The minimum atomic E-state index is -3.78. The first-order valence-corrected chi connectivity index (χ1v) is 5.40. The minimum absolute atomic E-state index is 0.158. The molecule has 0 aromatic heterocycles. The lowest BCUT2D eigenvalue weighted by atomic mass is 10.3. The molecule has 0 fully saturated rings. The van der Waals surface area contributed by atoms with Gasteiger partial charge in [-0.2, -0.15) is 20.5 Å². The monoisotopic (exact) mass is 228 g/mol. The number of rotatable bonds is 7. The number of carboxylic acids is 1. The molecule has 1 atom stereocenters. The van der Waals surface area contributed by atoms with Crippen molar-refractivity contribution in [3.8, 4) is 0 Å². The lowest BCUT2D eigenvalue weighted by Gasteiger charge is -2.12. The number of halogens is 2. The lowest BCUT2D eigenvalue weighted by Crippen LogP contribution is -2.33. The topological polar surface area (TPSA) is 46.5 Å². The Bertz CT molecular complexity index is 187. The molecule has 14 heavy (non-hydrogen) atoms. The van der Waals surface area contributed by atoms with E-state index < -0.39 is 18.5 Å². The maximum atomic E-state index is 12.4. The Morgan fingerprint density at radius 3 is 2.64 bits per heavy atom. The zero-order valence-corrected chi connectivity index (χ0v) is 8.94. The van der Waals surface area contributed by atoms with E-state index in [9.17, 15) is 13.6 Å². The van der Waals surface area contributed by atoms with Crippen LogP contribution in [-0.2, 0) is 9.53 Å². The van der Waals surface area contributed by atoms with Crippen molar-refractivity contribution < 1.29 is 23.4 Å². The summed E-state index contributed by atoms with van der Waals surface area (Å²) >= 11 is 1.61. The van der Waals surface area contributed by atoms with Crippen LogP contribution in [-0.4, -0.2) is 41.7 Å². The molecule has 0 heterocycles. The van der Waals surface area contributed by atoms with Crippen LogP contribution >= 0.6 is 11.8 Å². The van der Waals surface area contributed by atoms with Gasteiger partial charge in [0.2, 0.25) is 0 Å². The van der Waals surface area contributed by atoms with E-state index in [0.29, 0.717) is 11.7 Å². The van der Waals surface area contributed by atoms with Crippen LogP contribution in [0.15, 0.2) is 0 Å². The predicted octanol–water partition coefficient (Wildman–Crippen LogP) is 1.86. The summed E-state index contributed by atoms with van der Waals surface area (Å²) in [6, 6.07) is 0. The van der Waals surface area contributed by atoms with Crippen LogP contribution < -0.4 is 0 Å². The molecule has 0 aliphatic carbocycles. The molecule has 6 heteroatoms. The summed E-state index contributed by atoms with van der Waals surface area (Å²) in [6.07, 6.45) is 2.55. The normalized spacial score (nSPS) is 14.0. The highest BCUT2D eigenvalue weighted by atomic mass is 32.2. The van der Waals surface area contributed by atoms with Gasteiger partial charge in [0.25, 0.3) is 0 Å². The van der Waals surface area contributed by atoms with Gasteiger partial charge in [-0.15, -0.1) is 0 Å². The van der Waals surface area contributed by atoms with E-state index in [-0.39, 0.29) is 6.61 Å². The maximum Gasteiger partial charge on any atom is 0.377 e. The first-order valence-electron chi connectivity index (χ1n) is 4.12. The van der Waals surface area contributed by atoms with E-state index in [4.69, 9.17) is 5.11 Å². The Kier molecular flexibility index (Phi) is 6.03. The van der Waals surface area contributed by atoms with E-state index in [1.807, 2.05) is 13.2 Å². The molecule has 1 unspecified atom stereocenters. The Morgan fingerprint density at radius 2 is 2.21 bits per heavy atom. The molecule has 3 nitrogen and oxygen atoms in total. The van der Waals surface area contributed by atoms with Crippen molar-refractivity contribution in [1.29, 1.82) is 0 Å². The van der Waals surface area contributed by atoms with Crippen LogP contribution in [0.5, 0.6) is 0 Å². The summed E-state index contributed by atoms with van der Waals surface area (Å²) in [6.45, 7) is 1.05. The third-order valence-electron chi connectivity index (χ3n) is 1.67. The zero-order chi connectivity index (χ0) is 11.2. The van der Waals surface area contributed by atoms with Crippen molar-refractivity contribution in [1.82, 2.24) is 0 Å². The van der Waals surface area contributed by atoms with Crippen molar-refractivity contribution in [2.24, 2.45) is 0 Å². The molecule has 0 aromatic rings. The Labute approximate surface area is 85.8 Å². The fraction of sp³-hybridized carbons (Fsp3) is 0.875. The highest BCUT2D eigenvalue weighted by Gasteiger charge is 2.38. The van der Waals surface area contributed by atoms with Crippen LogP contribution in [0.1, 0.15) is 13.3 Å². The van der Waals surface area contributed by atoms with E-state index in [1.54, 1.807) is 11.8 Å². The molecule has 0 radical (unpaired) electrons. The molecule has 0 saturated carbocycles. The summed E-state index contributed by atoms with van der Waals surface area (Å²) in [5.74, 6) is -5.92. The fourth-order valence-corrected chi connectivity index (χ4v) is 0.961. The fourth-order valence-electron chi connectivity index (χ4n) is 0.629. The van der Waals surface area contributed by atoms with Crippen molar-refractivity contribution in [2.45, 2.75) is 24.5 Å². The molecule has 0 amide bonds. The standard InChI is InChI=1S/C8H14F2O3S/c1-6(14-2)3-4-13-5-8(9,10)7(11)12/h6H,3-5H2,1-2H3,(H,11,12). The first-order chi connectivity index (χ1) is 6.40. The Morgan fingerprint density at radius 1 is 1.64 bits per heavy atom. The second-order valence-electron chi connectivity index (χ2n) is 2.90. The van der Waals surface area contributed by atoms with Gasteiger partial charge in [0.1, 0.15) is 6.61 Å². The van der Waals surface area contributed by atoms with Gasteiger partial charge in [-0.1, -0.05) is 6.92 Å². The molecule has 0 aliphatic rings. The van der Waals surface area contributed by atoms with Crippen molar-refractivity contribution >= 4 is 17.7 Å². The Hall–Kier alpha value is -0.360. The van der Waals surface area contributed by atoms with Gasteiger partial charge in [-0.05, 0) is 12.7 Å². The number of alkyl halides is 2. The smallest absolute Gasteiger partial charge is 0.377 e. The quantitative estimate of drug-likeness (QED) is 0.676. The minimum Gasteiger partial charge on any atom is -0.477 e. The summed E-state index contributed by atoms with van der Waals surface area (Å²) in [5.41, 5.74) is 0. The van der Waals surface area contributed by atoms with Crippen LogP contribution in [0.2, 0.25) is 0 Å². The number of ether oxygens (including phenoxy) is 1. The van der Waals surface area contributed by atoms with Crippen LogP contribution in [0.25, 0.3) is 0 Å². The van der Waals surface area contributed by atoms with Gasteiger partial charge in [0.15, 0.2) is 0 Å². The van der Waals surface area contributed by atoms with Crippen molar-refractivity contribution in [2.75, 3.05) is 19.5 Å². The highest BCUT2D eigenvalue weighted by Crippen LogP contribution is 2.15. The molecule has 84 valence electrons. The lowest BCUT2D eigenvalue weighted by molar-refractivity contribution is -0.173. The van der Waals surface area contributed by atoms with E-state index in [2.05, 4.69) is 4.74 Å². The molecule has 0 spiro atoms. The van der Waals surface area contributed by atoms with Gasteiger partial charge < -0.3 is 9.84 Å². The van der Waals surface area contributed by atoms with Gasteiger partial charge in [0.05, 0.1) is 0 Å². The average molecular weight is 228 g/mol. The van der Waals surface area contributed by atoms with Crippen molar-refractivity contribution in [3.05, 3.63) is 0 Å². The second-order valence-corrected chi connectivity index (χ2v) is 4.17. The highest BCUT2D eigenvalue weighted by molar-refractivity contribution is 7.99. The van der Waals surface area contributed by atoms with Crippen LogP contribution in [0.3, 0.4) is 0 Å². The molecule has 0 rings (SSSR count). The second kappa shape index (κ2) is 6.19. The number of hydrogen-bond acceptors (Lipinski definition) is 3. The Balaban J connectivity index is 3.59. The zero-order valence-electron chi connectivity index (χ0n) is 8.13. The molecule has 1 N–H and O–H groups in total. The maximum absolute atomic E-state index is 12.4. The number of hydrogen-bond donors (Lipinski definition) is 1. The summed E-state index contributed by atoms with van der Waals surface area (Å²) < 4.78 is 29.4. The van der Waals surface area contributed by atoms with Crippen molar-refractivity contribution in [3.63, 3.8) is 0 Å².